The van der Waals surface area contributed by atoms with E-state index in [0.29, 0.717) is 5.92 Å². The highest BCUT2D eigenvalue weighted by Gasteiger charge is 2.25. The predicted octanol–water partition coefficient (Wildman–Crippen LogP) is 5.68. The molecule has 0 saturated heterocycles. The van der Waals surface area contributed by atoms with Gasteiger partial charge in [0.05, 0.1) is 7.11 Å². The maximum atomic E-state index is 5.20. The zero-order chi connectivity index (χ0) is 19.3. The van der Waals surface area contributed by atoms with E-state index in [2.05, 4.69) is 73.1 Å². The second kappa shape index (κ2) is 8.08. The van der Waals surface area contributed by atoms with Crippen LogP contribution in [0.15, 0.2) is 66.7 Å². The van der Waals surface area contributed by atoms with Crippen molar-refractivity contribution < 1.29 is 4.74 Å². The first-order valence-electron chi connectivity index (χ1n) is 9.60. The lowest BCUT2D eigenvalue weighted by atomic mass is 10.00. The third-order valence-electron chi connectivity index (χ3n) is 4.90. The first kappa shape index (κ1) is 18.0. The van der Waals surface area contributed by atoms with Crippen molar-refractivity contribution in [1.29, 1.82) is 0 Å². The third-order valence-corrected chi connectivity index (χ3v) is 4.90. The van der Waals surface area contributed by atoms with Crippen molar-refractivity contribution in [2.75, 3.05) is 7.11 Å². The molecule has 3 aromatic rings. The average Bonchev–Trinajstić information content (AvgIpc) is 3.58. The fraction of sp³-hybridized carbons (Fsp3) is 0.185. The summed E-state index contributed by atoms with van der Waals surface area (Å²) in [6.07, 6.45) is 2.48. The second-order valence-electron chi connectivity index (χ2n) is 7.17. The molecule has 1 aliphatic carbocycles. The Hall–Kier alpha value is -3.42. The monoisotopic (exact) mass is 362 g/mol. The highest BCUT2D eigenvalue weighted by Crippen LogP contribution is 2.41. The minimum atomic E-state index is 0.626. The van der Waals surface area contributed by atoms with Crippen LogP contribution >= 0.6 is 0 Å². The molecule has 1 aliphatic rings. The molecule has 0 atom stereocenters. The molecule has 28 heavy (non-hydrogen) atoms. The molecule has 0 aromatic heterocycles. The zero-order valence-corrected chi connectivity index (χ0v) is 16.3. The maximum absolute atomic E-state index is 5.20. The lowest BCUT2D eigenvalue weighted by molar-refractivity contribution is 0.415. The molecule has 0 aliphatic heterocycles. The summed E-state index contributed by atoms with van der Waals surface area (Å²) in [5.74, 6) is 14.7. The summed E-state index contributed by atoms with van der Waals surface area (Å²) in [6, 6.07) is 22.6. The standard InChI is InChI=1S/C27H22O/c1-20-3-5-21(6-4-20)7-8-23-10-14-24(27(19-23)25-15-16-25)13-9-22-11-17-26(28-2)18-12-22/h3-6,10-12,14,17-19,25H,15-16H2,1-2H3. The Labute approximate surface area is 167 Å². The van der Waals surface area contributed by atoms with Crippen molar-refractivity contribution in [2.45, 2.75) is 25.7 Å². The molecule has 136 valence electrons. The molecule has 0 unspecified atom stereocenters. The summed E-state index contributed by atoms with van der Waals surface area (Å²) in [6.45, 7) is 2.09. The summed E-state index contributed by atoms with van der Waals surface area (Å²) in [4.78, 5) is 0. The Kier molecular flexibility index (Phi) is 5.18. The molecule has 0 spiro atoms. The van der Waals surface area contributed by atoms with Gasteiger partial charge in [-0.3, -0.25) is 0 Å². The van der Waals surface area contributed by atoms with Crippen LogP contribution < -0.4 is 4.74 Å². The van der Waals surface area contributed by atoms with Crippen LogP contribution in [0.5, 0.6) is 5.75 Å². The number of hydrogen-bond donors (Lipinski definition) is 0. The molecule has 1 fully saturated rings. The van der Waals surface area contributed by atoms with E-state index in [0.717, 1.165) is 28.0 Å². The van der Waals surface area contributed by atoms with Crippen LogP contribution in [0, 0.1) is 30.6 Å². The van der Waals surface area contributed by atoms with Gasteiger partial charge in [-0.1, -0.05) is 41.4 Å². The SMILES string of the molecule is COc1ccc(C#Cc2ccc(C#Cc3ccc(C)cc3)cc2C2CC2)cc1. The quantitative estimate of drug-likeness (QED) is 0.533. The van der Waals surface area contributed by atoms with E-state index in [-0.39, 0.29) is 0 Å². The van der Waals surface area contributed by atoms with Gasteiger partial charge in [0.15, 0.2) is 0 Å². The summed E-state index contributed by atoms with van der Waals surface area (Å²) < 4.78 is 5.20. The van der Waals surface area contributed by atoms with Crippen LogP contribution in [-0.2, 0) is 0 Å². The summed E-state index contributed by atoms with van der Waals surface area (Å²) in [5.41, 5.74) is 6.78. The molecule has 0 amide bonds. The molecule has 0 N–H and O–H groups in total. The highest BCUT2D eigenvalue weighted by atomic mass is 16.5. The predicted molar refractivity (Wildman–Crippen MR) is 115 cm³/mol. The molecular formula is C27H22O. The van der Waals surface area contributed by atoms with E-state index in [4.69, 9.17) is 4.74 Å². The van der Waals surface area contributed by atoms with Gasteiger partial charge < -0.3 is 4.74 Å². The average molecular weight is 362 g/mol. The van der Waals surface area contributed by atoms with Crippen LogP contribution in [-0.4, -0.2) is 7.11 Å². The Morgan fingerprint density at radius 3 is 1.93 bits per heavy atom. The maximum Gasteiger partial charge on any atom is 0.118 e. The number of methoxy groups -OCH3 is 1. The highest BCUT2D eigenvalue weighted by molar-refractivity contribution is 5.54. The van der Waals surface area contributed by atoms with Gasteiger partial charge in [-0.2, -0.15) is 0 Å². The lowest BCUT2D eigenvalue weighted by Gasteiger charge is -2.04. The van der Waals surface area contributed by atoms with Gasteiger partial charge in [0, 0.05) is 22.3 Å². The van der Waals surface area contributed by atoms with Crippen molar-refractivity contribution in [2.24, 2.45) is 0 Å². The first-order chi connectivity index (χ1) is 13.7. The van der Waals surface area contributed by atoms with Gasteiger partial charge in [-0.15, -0.1) is 0 Å². The van der Waals surface area contributed by atoms with Gasteiger partial charge in [0.2, 0.25) is 0 Å². The summed E-state index contributed by atoms with van der Waals surface area (Å²) in [5, 5.41) is 0. The third kappa shape index (κ3) is 4.46. The molecule has 1 saturated carbocycles. The van der Waals surface area contributed by atoms with Crippen molar-refractivity contribution in [1.82, 2.24) is 0 Å². The second-order valence-corrected chi connectivity index (χ2v) is 7.17. The minimum Gasteiger partial charge on any atom is -0.497 e. The normalized spacial score (nSPS) is 12.4. The molecule has 4 rings (SSSR count). The van der Waals surface area contributed by atoms with Gasteiger partial charge >= 0.3 is 0 Å². The van der Waals surface area contributed by atoms with Gasteiger partial charge in [-0.25, -0.2) is 0 Å². The molecule has 0 heterocycles. The van der Waals surface area contributed by atoms with Crippen LogP contribution in [0.25, 0.3) is 0 Å². The minimum absolute atomic E-state index is 0.626. The number of hydrogen-bond acceptors (Lipinski definition) is 1. The molecule has 1 heteroatoms. The van der Waals surface area contributed by atoms with E-state index < -0.39 is 0 Å². The molecule has 0 bridgehead atoms. The Morgan fingerprint density at radius 2 is 1.29 bits per heavy atom. The Bertz CT molecular complexity index is 1090. The van der Waals surface area contributed by atoms with E-state index in [1.165, 1.54) is 24.0 Å². The van der Waals surface area contributed by atoms with E-state index in [1.54, 1.807) is 7.11 Å². The fourth-order valence-corrected chi connectivity index (χ4v) is 3.08. The van der Waals surface area contributed by atoms with E-state index in [1.807, 2.05) is 24.3 Å². The molecule has 3 aromatic carbocycles. The van der Waals surface area contributed by atoms with Crippen molar-refractivity contribution in [3.05, 3.63) is 100 Å². The molecule has 1 nitrogen and oxygen atoms in total. The Balaban J connectivity index is 1.59. The number of aryl methyl sites for hydroxylation is 1. The lowest BCUT2D eigenvalue weighted by Crippen LogP contribution is -1.89. The first-order valence-corrected chi connectivity index (χ1v) is 9.60. The van der Waals surface area contributed by atoms with Crippen LogP contribution in [0.2, 0.25) is 0 Å². The number of benzene rings is 3. The van der Waals surface area contributed by atoms with Crippen molar-refractivity contribution >= 4 is 0 Å². The van der Waals surface area contributed by atoms with E-state index >= 15 is 0 Å². The molecule has 0 radical (unpaired) electrons. The largest absolute Gasteiger partial charge is 0.497 e. The summed E-state index contributed by atoms with van der Waals surface area (Å²) in [7, 11) is 1.67. The van der Waals surface area contributed by atoms with Crippen molar-refractivity contribution in [3.63, 3.8) is 0 Å². The van der Waals surface area contributed by atoms with Crippen molar-refractivity contribution in [3.8, 4) is 29.4 Å². The van der Waals surface area contributed by atoms with Crippen LogP contribution in [0.4, 0.5) is 0 Å². The Morgan fingerprint density at radius 1 is 0.714 bits per heavy atom. The van der Waals surface area contributed by atoms with Crippen LogP contribution in [0.1, 0.15) is 52.1 Å². The zero-order valence-electron chi connectivity index (χ0n) is 16.3. The van der Waals surface area contributed by atoms with Gasteiger partial charge in [0.25, 0.3) is 0 Å². The van der Waals surface area contributed by atoms with E-state index in [9.17, 15) is 0 Å². The molecular weight excluding hydrogens is 340 g/mol. The number of rotatable bonds is 2. The fourth-order valence-electron chi connectivity index (χ4n) is 3.08. The smallest absolute Gasteiger partial charge is 0.118 e. The van der Waals surface area contributed by atoms with Gasteiger partial charge in [-0.05, 0) is 85.8 Å². The van der Waals surface area contributed by atoms with Crippen LogP contribution in [0.3, 0.4) is 0 Å². The topological polar surface area (TPSA) is 9.23 Å². The summed E-state index contributed by atoms with van der Waals surface area (Å²) >= 11 is 0. The number of ether oxygens (including phenoxy) is 1. The van der Waals surface area contributed by atoms with Gasteiger partial charge in [0.1, 0.15) is 5.75 Å².